The number of hydrogen-bond donors (Lipinski definition) is 1. The second-order valence-electron chi connectivity index (χ2n) is 6.27. The number of anilines is 1. The average molecular weight is 379 g/mol. The van der Waals surface area contributed by atoms with Gasteiger partial charge in [0.05, 0.1) is 0 Å². The van der Waals surface area contributed by atoms with E-state index in [-0.39, 0.29) is 16.6 Å². The fraction of sp³-hybridized carbons (Fsp3) is 0.0952. The standard InChI is InChI=1S/C21H17NO4S/c23-21-13-10-16-14-17(11-12-19(16)22-21)27(24,25)26-20-9-5-4-8-18(20)15-6-2-1-3-7-15/h1-9,11-12,14H,10,13H2,(H,22,23). The Bertz CT molecular complexity index is 1110. The summed E-state index contributed by atoms with van der Waals surface area (Å²) in [6.45, 7) is 0. The molecule has 0 unspecified atom stereocenters. The molecule has 0 aliphatic carbocycles. The van der Waals surface area contributed by atoms with Gasteiger partial charge >= 0.3 is 10.1 Å². The average Bonchev–Trinajstić information content (AvgIpc) is 2.68. The van der Waals surface area contributed by atoms with Gasteiger partial charge < -0.3 is 9.50 Å². The highest BCUT2D eigenvalue weighted by Gasteiger charge is 2.22. The summed E-state index contributed by atoms with van der Waals surface area (Å²) in [4.78, 5) is 11.5. The normalized spacial score (nSPS) is 13.6. The molecular weight excluding hydrogens is 362 g/mol. The van der Waals surface area contributed by atoms with E-state index in [1.807, 2.05) is 42.5 Å². The topological polar surface area (TPSA) is 72.5 Å². The van der Waals surface area contributed by atoms with E-state index >= 15 is 0 Å². The first kappa shape index (κ1) is 17.3. The van der Waals surface area contributed by atoms with Crippen LogP contribution >= 0.6 is 0 Å². The maximum absolute atomic E-state index is 12.8. The van der Waals surface area contributed by atoms with Crippen LogP contribution in [0.3, 0.4) is 0 Å². The van der Waals surface area contributed by atoms with Gasteiger partial charge in [0.2, 0.25) is 5.91 Å². The lowest BCUT2D eigenvalue weighted by Crippen LogP contribution is -2.19. The van der Waals surface area contributed by atoms with Crippen LogP contribution in [0.4, 0.5) is 5.69 Å². The fourth-order valence-electron chi connectivity index (χ4n) is 3.08. The summed E-state index contributed by atoms with van der Waals surface area (Å²) < 4.78 is 31.1. The molecule has 5 nitrogen and oxygen atoms in total. The Balaban J connectivity index is 1.68. The number of aryl methyl sites for hydroxylation is 1. The summed E-state index contributed by atoms with van der Waals surface area (Å²) in [6.07, 6.45) is 0.847. The van der Waals surface area contributed by atoms with Crippen molar-refractivity contribution >= 4 is 21.7 Å². The summed E-state index contributed by atoms with van der Waals surface area (Å²) >= 11 is 0. The molecule has 27 heavy (non-hydrogen) atoms. The van der Waals surface area contributed by atoms with E-state index in [0.717, 1.165) is 11.1 Å². The van der Waals surface area contributed by atoms with Gasteiger partial charge in [0.25, 0.3) is 0 Å². The molecule has 0 radical (unpaired) electrons. The zero-order chi connectivity index (χ0) is 18.9. The van der Waals surface area contributed by atoms with E-state index in [4.69, 9.17) is 4.18 Å². The van der Waals surface area contributed by atoms with Crippen molar-refractivity contribution in [1.82, 2.24) is 0 Å². The predicted octanol–water partition coefficient (Wildman–Crippen LogP) is 4.01. The second-order valence-corrected chi connectivity index (χ2v) is 7.81. The SMILES string of the molecule is O=C1CCc2cc(S(=O)(=O)Oc3ccccc3-c3ccccc3)ccc2N1. The van der Waals surface area contributed by atoms with Crippen molar-refractivity contribution in [3.63, 3.8) is 0 Å². The minimum Gasteiger partial charge on any atom is -0.378 e. The molecule has 0 saturated heterocycles. The second kappa shape index (κ2) is 6.89. The molecule has 0 atom stereocenters. The smallest absolute Gasteiger partial charge is 0.339 e. The van der Waals surface area contributed by atoms with Crippen LogP contribution in [0.1, 0.15) is 12.0 Å². The molecule has 0 saturated carbocycles. The number of hydrogen-bond acceptors (Lipinski definition) is 4. The number of benzene rings is 3. The highest BCUT2D eigenvalue weighted by atomic mass is 32.2. The van der Waals surface area contributed by atoms with Crippen molar-refractivity contribution < 1.29 is 17.4 Å². The van der Waals surface area contributed by atoms with Gasteiger partial charge in [0.1, 0.15) is 4.90 Å². The van der Waals surface area contributed by atoms with Crippen molar-refractivity contribution in [2.24, 2.45) is 0 Å². The minimum absolute atomic E-state index is 0.0638. The van der Waals surface area contributed by atoms with E-state index in [1.165, 1.54) is 6.07 Å². The lowest BCUT2D eigenvalue weighted by Gasteiger charge is -2.18. The summed E-state index contributed by atoms with van der Waals surface area (Å²) in [7, 11) is -4.00. The number of nitrogens with one attached hydrogen (secondary N) is 1. The highest BCUT2D eigenvalue weighted by molar-refractivity contribution is 7.87. The molecule has 1 N–H and O–H groups in total. The molecule has 136 valence electrons. The van der Waals surface area contributed by atoms with E-state index in [2.05, 4.69) is 5.32 Å². The van der Waals surface area contributed by atoms with Gasteiger partial charge in [-0.3, -0.25) is 4.79 Å². The number of carbonyl (C=O) groups excluding carboxylic acids is 1. The van der Waals surface area contributed by atoms with Crippen molar-refractivity contribution in [2.45, 2.75) is 17.7 Å². The quantitative estimate of drug-likeness (QED) is 0.696. The largest absolute Gasteiger partial charge is 0.378 e. The van der Waals surface area contributed by atoms with Crippen LogP contribution in [0.2, 0.25) is 0 Å². The summed E-state index contributed by atoms with van der Waals surface area (Å²) in [5.41, 5.74) is 3.01. The molecule has 1 heterocycles. The zero-order valence-electron chi connectivity index (χ0n) is 14.4. The maximum Gasteiger partial charge on any atom is 0.339 e. The molecule has 0 spiro atoms. The first-order valence-corrected chi connectivity index (χ1v) is 9.95. The van der Waals surface area contributed by atoms with E-state index in [9.17, 15) is 13.2 Å². The number of para-hydroxylation sites is 1. The Hall–Kier alpha value is -3.12. The molecule has 0 aromatic heterocycles. The van der Waals surface area contributed by atoms with E-state index in [0.29, 0.717) is 24.1 Å². The Morgan fingerprint density at radius 2 is 1.59 bits per heavy atom. The van der Waals surface area contributed by atoms with Crippen molar-refractivity contribution in [2.75, 3.05) is 5.32 Å². The summed E-state index contributed by atoms with van der Waals surface area (Å²) in [5, 5.41) is 2.74. The fourth-order valence-corrected chi connectivity index (χ4v) is 4.08. The van der Waals surface area contributed by atoms with Gasteiger partial charge in [-0.25, -0.2) is 0 Å². The third-order valence-corrected chi connectivity index (χ3v) is 5.66. The first-order valence-electron chi connectivity index (χ1n) is 8.55. The van der Waals surface area contributed by atoms with E-state index < -0.39 is 10.1 Å². The Morgan fingerprint density at radius 3 is 2.41 bits per heavy atom. The summed E-state index contributed by atoms with van der Waals surface area (Å²) in [6, 6.07) is 21.1. The monoisotopic (exact) mass is 379 g/mol. The molecule has 3 aromatic rings. The molecule has 0 fully saturated rings. The first-order chi connectivity index (χ1) is 13.0. The molecular formula is C21H17NO4S. The summed E-state index contributed by atoms with van der Waals surface area (Å²) in [5.74, 6) is 0.209. The van der Waals surface area contributed by atoms with Crippen LogP contribution in [0.25, 0.3) is 11.1 Å². The van der Waals surface area contributed by atoms with Crippen LogP contribution in [0.15, 0.2) is 77.7 Å². The van der Waals surface area contributed by atoms with Crippen molar-refractivity contribution in [3.8, 4) is 16.9 Å². The Labute approximate surface area is 157 Å². The number of carbonyl (C=O) groups is 1. The van der Waals surface area contributed by atoms with Crippen molar-refractivity contribution in [3.05, 3.63) is 78.4 Å². The molecule has 4 rings (SSSR count). The molecule has 1 aliphatic rings. The van der Waals surface area contributed by atoms with Crippen LogP contribution in [0.5, 0.6) is 5.75 Å². The van der Waals surface area contributed by atoms with E-state index in [1.54, 1.807) is 24.3 Å². The third kappa shape index (κ3) is 3.57. The van der Waals surface area contributed by atoms with Gasteiger partial charge in [-0.15, -0.1) is 0 Å². The molecule has 3 aromatic carbocycles. The van der Waals surface area contributed by atoms with Crippen LogP contribution in [-0.4, -0.2) is 14.3 Å². The Kier molecular flexibility index (Phi) is 4.41. The molecule has 1 amide bonds. The van der Waals surface area contributed by atoms with Gasteiger partial charge in [-0.2, -0.15) is 8.42 Å². The predicted molar refractivity (Wildman–Crippen MR) is 103 cm³/mol. The minimum atomic E-state index is -4.00. The molecule has 0 bridgehead atoms. The number of fused-ring (bicyclic) bond motifs is 1. The van der Waals surface area contributed by atoms with Crippen LogP contribution in [0, 0.1) is 0 Å². The van der Waals surface area contributed by atoms with Crippen molar-refractivity contribution in [1.29, 1.82) is 0 Å². The Morgan fingerprint density at radius 1 is 0.852 bits per heavy atom. The lowest BCUT2D eigenvalue weighted by atomic mass is 10.0. The molecule has 1 aliphatic heterocycles. The van der Waals surface area contributed by atoms with Gasteiger partial charge in [0.15, 0.2) is 5.75 Å². The maximum atomic E-state index is 12.8. The van der Waals surface area contributed by atoms with Gasteiger partial charge in [0, 0.05) is 17.7 Å². The van der Waals surface area contributed by atoms with Crippen LogP contribution < -0.4 is 9.50 Å². The lowest BCUT2D eigenvalue weighted by molar-refractivity contribution is -0.116. The highest BCUT2D eigenvalue weighted by Crippen LogP contribution is 2.33. The van der Waals surface area contributed by atoms with Crippen LogP contribution in [-0.2, 0) is 21.3 Å². The van der Waals surface area contributed by atoms with Gasteiger partial charge in [-0.05, 0) is 41.8 Å². The molecule has 6 heteroatoms. The number of amides is 1. The van der Waals surface area contributed by atoms with Gasteiger partial charge in [-0.1, -0.05) is 48.5 Å². The number of rotatable bonds is 4. The zero-order valence-corrected chi connectivity index (χ0v) is 15.2. The third-order valence-electron chi connectivity index (χ3n) is 4.43.